The average molecular weight is 528 g/mol. The zero-order valence-corrected chi connectivity index (χ0v) is 23.7. The van der Waals surface area contributed by atoms with Crippen molar-refractivity contribution in [2.45, 2.75) is 76.4 Å². The Kier molecular flexibility index (Phi) is 7.72. The Morgan fingerprint density at radius 2 is 2.08 bits per heavy atom. The normalized spacial score (nSPS) is 20.9. The van der Waals surface area contributed by atoms with Crippen molar-refractivity contribution in [3.05, 3.63) is 23.4 Å². The lowest BCUT2D eigenvalue weighted by Crippen LogP contribution is -2.46. The van der Waals surface area contributed by atoms with Gasteiger partial charge in [0.25, 0.3) is 0 Å². The monoisotopic (exact) mass is 527 g/mol. The van der Waals surface area contributed by atoms with Crippen LogP contribution >= 0.6 is 0 Å². The number of anilines is 1. The number of nitrogens with zero attached hydrogens (tertiary/aromatic N) is 4. The molecule has 1 saturated carbocycles. The van der Waals surface area contributed by atoms with E-state index in [2.05, 4.69) is 45.0 Å². The third-order valence-electron chi connectivity index (χ3n) is 7.57. The lowest BCUT2D eigenvalue weighted by atomic mass is 10.0. The Bertz CT molecular complexity index is 1100. The van der Waals surface area contributed by atoms with E-state index in [0.29, 0.717) is 37.0 Å². The Morgan fingerprint density at radius 1 is 1.24 bits per heavy atom. The van der Waals surface area contributed by atoms with Crippen molar-refractivity contribution in [3.63, 3.8) is 0 Å². The number of aryl methyl sites for hydroxylation is 1. The van der Waals surface area contributed by atoms with Crippen molar-refractivity contribution in [2.75, 3.05) is 45.0 Å². The van der Waals surface area contributed by atoms with Crippen molar-refractivity contribution < 1.29 is 19.3 Å². The summed E-state index contributed by atoms with van der Waals surface area (Å²) in [5.41, 5.74) is 2.78. The predicted molar refractivity (Wildman–Crippen MR) is 146 cm³/mol. The molecule has 0 unspecified atom stereocenters. The summed E-state index contributed by atoms with van der Waals surface area (Å²) in [6.07, 6.45) is 5.10. The minimum absolute atomic E-state index is 0.0414. The largest absolute Gasteiger partial charge is 0.507 e. The highest BCUT2D eigenvalue weighted by Gasteiger charge is 2.46. The van der Waals surface area contributed by atoms with Gasteiger partial charge < -0.3 is 24.6 Å². The number of nitrogens with one attached hydrogen (secondary N) is 1. The maximum absolute atomic E-state index is 10.7. The molecule has 1 aromatic carbocycles. The molecule has 3 heterocycles. The van der Waals surface area contributed by atoms with Gasteiger partial charge >= 0.3 is 0 Å². The highest BCUT2D eigenvalue weighted by molar-refractivity contribution is 6.76. The molecular formula is C27H41N5O4Si. The first-order valence-electron chi connectivity index (χ1n) is 13.6. The number of benzene rings is 1. The van der Waals surface area contributed by atoms with Gasteiger partial charge in [0.1, 0.15) is 24.0 Å². The van der Waals surface area contributed by atoms with Gasteiger partial charge in [-0.3, -0.25) is 4.90 Å². The highest BCUT2D eigenvalue weighted by Crippen LogP contribution is 2.41. The molecule has 10 heteroatoms. The second-order valence-electron chi connectivity index (χ2n) is 12.0. The van der Waals surface area contributed by atoms with Crippen LogP contribution in [0.1, 0.15) is 36.9 Å². The molecule has 202 valence electrons. The lowest BCUT2D eigenvalue weighted by Gasteiger charge is -2.35. The fourth-order valence-electron chi connectivity index (χ4n) is 5.16. The average Bonchev–Trinajstić information content (AvgIpc) is 3.41. The van der Waals surface area contributed by atoms with Crippen molar-refractivity contribution >= 4 is 14.0 Å². The molecule has 9 nitrogen and oxygen atoms in total. The van der Waals surface area contributed by atoms with Crippen LogP contribution in [0.25, 0.3) is 11.3 Å². The summed E-state index contributed by atoms with van der Waals surface area (Å²) in [5, 5.41) is 23.0. The second-order valence-corrected chi connectivity index (χ2v) is 17.6. The summed E-state index contributed by atoms with van der Waals surface area (Å²) in [5.74, 6) is 1.49. The van der Waals surface area contributed by atoms with Gasteiger partial charge in [-0.15, -0.1) is 10.2 Å². The van der Waals surface area contributed by atoms with E-state index in [-0.39, 0.29) is 17.4 Å². The maximum atomic E-state index is 10.7. The first kappa shape index (κ1) is 26.3. The molecule has 5 rings (SSSR count). The van der Waals surface area contributed by atoms with Gasteiger partial charge in [0, 0.05) is 51.4 Å². The number of aromatic hydroxyl groups is 1. The number of piperidine rings is 1. The van der Waals surface area contributed by atoms with E-state index in [9.17, 15) is 5.11 Å². The van der Waals surface area contributed by atoms with Crippen LogP contribution in [-0.4, -0.2) is 84.5 Å². The number of rotatable bonds is 11. The minimum Gasteiger partial charge on any atom is -0.507 e. The second kappa shape index (κ2) is 10.8. The number of hydrogen-bond acceptors (Lipinski definition) is 9. The van der Waals surface area contributed by atoms with Gasteiger partial charge in [0.2, 0.25) is 5.95 Å². The van der Waals surface area contributed by atoms with Crippen LogP contribution in [0.15, 0.2) is 12.1 Å². The molecule has 2 aliphatic heterocycles. The Hall–Kier alpha value is -2.27. The number of likely N-dealkylation sites (tertiary alicyclic amines) is 1. The third kappa shape index (κ3) is 6.60. The first-order valence-corrected chi connectivity index (χ1v) is 17.3. The lowest BCUT2D eigenvalue weighted by molar-refractivity contribution is -0.107. The van der Waals surface area contributed by atoms with E-state index in [1.54, 1.807) is 0 Å². The Labute approximate surface area is 220 Å². The SMILES string of the molecule is Cc1nc(N[C@@H]2CCCN(CC3(OCOCC[Si](C)(C)C)CC3)C2)nnc1-c1ccc2c(c1O)CCO2. The predicted octanol–water partition coefficient (Wildman–Crippen LogP) is 4.23. The summed E-state index contributed by atoms with van der Waals surface area (Å²) in [4.78, 5) is 7.18. The number of aromatic nitrogens is 3. The van der Waals surface area contributed by atoms with Crippen molar-refractivity contribution in [1.82, 2.24) is 20.1 Å². The molecule has 1 aromatic heterocycles. The van der Waals surface area contributed by atoms with E-state index in [0.717, 1.165) is 68.9 Å². The molecule has 2 N–H and O–H groups in total. The molecule has 1 aliphatic carbocycles. The maximum Gasteiger partial charge on any atom is 0.243 e. The molecule has 2 aromatic rings. The van der Waals surface area contributed by atoms with E-state index in [1.165, 1.54) is 6.04 Å². The summed E-state index contributed by atoms with van der Waals surface area (Å²) in [7, 11) is -1.07. The van der Waals surface area contributed by atoms with Crippen molar-refractivity contribution in [2.24, 2.45) is 0 Å². The summed E-state index contributed by atoms with van der Waals surface area (Å²) in [6.45, 7) is 13.8. The summed E-state index contributed by atoms with van der Waals surface area (Å²) in [6, 6.07) is 5.15. The fraction of sp³-hybridized carbons (Fsp3) is 0.667. The van der Waals surface area contributed by atoms with Gasteiger partial charge in [-0.25, -0.2) is 4.98 Å². The number of hydrogen-bond donors (Lipinski definition) is 2. The van der Waals surface area contributed by atoms with Gasteiger partial charge in [-0.2, -0.15) is 0 Å². The Balaban J connectivity index is 1.14. The number of fused-ring (bicyclic) bond motifs is 1. The molecule has 1 saturated heterocycles. The molecular weight excluding hydrogens is 486 g/mol. The standard InChI is InChI=1S/C27H41N5O4Si/c1-19-24(22-7-8-23-21(25(22)33)9-13-35-23)30-31-26(28-19)29-20-6-5-12-32(16-20)17-27(10-11-27)36-18-34-14-15-37(2,3)4/h7-8,20,33H,5-6,9-18H2,1-4H3,(H,28,29,31)/t20-/m1/s1. The summed E-state index contributed by atoms with van der Waals surface area (Å²) < 4.78 is 17.5. The zero-order chi connectivity index (χ0) is 26.0. The quantitative estimate of drug-likeness (QED) is 0.253. The third-order valence-corrected chi connectivity index (χ3v) is 9.27. The summed E-state index contributed by atoms with van der Waals surface area (Å²) >= 11 is 0. The molecule has 0 spiro atoms. The van der Waals surface area contributed by atoms with Crippen LogP contribution in [0, 0.1) is 6.92 Å². The number of ether oxygens (including phenoxy) is 3. The van der Waals surface area contributed by atoms with Crippen LogP contribution in [-0.2, 0) is 15.9 Å². The van der Waals surface area contributed by atoms with E-state index < -0.39 is 8.07 Å². The highest BCUT2D eigenvalue weighted by atomic mass is 28.3. The van der Waals surface area contributed by atoms with Crippen LogP contribution < -0.4 is 10.1 Å². The van der Waals surface area contributed by atoms with Gasteiger partial charge in [0.15, 0.2) is 0 Å². The van der Waals surface area contributed by atoms with Gasteiger partial charge in [-0.05, 0) is 57.3 Å². The van der Waals surface area contributed by atoms with Crippen LogP contribution in [0.3, 0.4) is 0 Å². The molecule has 0 radical (unpaired) electrons. The van der Waals surface area contributed by atoms with Gasteiger partial charge in [0.05, 0.1) is 17.9 Å². The number of phenolic OH excluding ortho intramolecular Hbond substituents is 1. The fourth-order valence-corrected chi connectivity index (χ4v) is 5.92. The minimum atomic E-state index is -1.07. The molecule has 2 fully saturated rings. The van der Waals surface area contributed by atoms with Crippen LogP contribution in [0.5, 0.6) is 11.5 Å². The molecule has 37 heavy (non-hydrogen) atoms. The smallest absolute Gasteiger partial charge is 0.243 e. The Morgan fingerprint density at radius 3 is 2.84 bits per heavy atom. The number of phenols is 1. The first-order chi connectivity index (χ1) is 17.7. The van der Waals surface area contributed by atoms with E-state index in [1.807, 2.05) is 19.1 Å². The molecule has 3 aliphatic rings. The topological polar surface area (TPSA) is 102 Å². The van der Waals surface area contributed by atoms with Crippen LogP contribution in [0.2, 0.25) is 25.7 Å². The molecule has 0 amide bonds. The molecule has 0 bridgehead atoms. The van der Waals surface area contributed by atoms with Crippen molar-refractivity contribution in [1.29, 1.82) is 0 Å². The van der Waals surface area contributed by atoms with E-state index >= 15 is 0 Å². The molecule has 1 atom stereocenters. The van der Waals surface area contributed by atoms with Crippen LogP contribution in [0.4, 0.5) is 5.95 Å². The van der Waals surface area contributed by atoms with Crippen molar-refractivity contribution in [3.8, 4) is 22.8 Å². The van der Waals surface area contributed by atoms with E-state index in [4.69, 9.17) is 14.2 Å². The zero-order valence-electron chi connectivity index (χ0n) is 22.7. The van der Waals surface area contributed by atoms with Gasteiger partial charge in [-0.1, -0.05) is 19.6 Å².